The van der Waals surface area contributed by atoms with Gasteiger partial charge in [0.25, 0.3) is 0 Å². The van der Waals surface area contributed by atoms with E-state index in [2.05, 4.69) is 24.5 Å². The molecule has 3 aromatic rings. The van der Waals surface area contributed by atoms with Crippen LogP contribution in [-0.4, -0.2) is 35.3 Å². The first-order chi connectivity index (χ1) is 19.3. The quantitative estimate of drug-likeness (QED) is 0.414. The summed E-state index contributed by atoms with van der Waals surface area (Å²) < 4.78 is 90.5. The fourth-order valence-electron chi connectivity index (χ4n) is 5.02. The number of nitrogens with zero attached hydrogens (tertiary/aromatic N) is 1. The minimum atomic E-state index is -4.93. The van der Waals surface area contributed by atoms with E-state index in [-0.39, 0.29) is 42.6 Å². The number of rotatable bonds is 5. The van der Waals surface area contributed by atoms with E-state index in [0.29, 0.717) is 22.4 Å². The van der Waals surface area contributed by atoms with Crippen molar-refractivity contribution in [3.63, 3.8) is 0 Å². The van der Waals surface area contributed by atoms with Gasteiger partial charge in [0.1, 0.15) is 35.4 Å². The highest BCUT2D eigenvalue weighted by Gasteiger charge is 2.49. The lowest BCUT2D eigenvalue weighted by Gasteiger charge is -2.34. The number of aromatic nitrogens is 1. The van der Waals surface area contributed by atoms with Crippen molar-refractivity contribution in [2.24, 2.45) is 0 Å². The maximum Gasteiger partial charge on any atom is 0.586 e. The molecule has 216 valence electrons. The van der Waals surface area contributed by atoms with E-state index in [1.54, 1.807) is 19.1 Å². The van der Waals surface area contributed by atoms with Gasteiger partial charge in [0, 0.05) is 35.9 Å². The third-order valence-electron chi connectivity index (χ3n) is 7.09. The molecule has 4 heterocycles. The molecule has 9 nitrogen and oxygen atoms in total. The number of fused-ring (bicyclic) bond motifs is 3. The van der Waals surface area contributed by atoms with Crippen LogP contribution in [0.25, 0.3) is 0 Å². The number of ether oxygens (including phenoxy) is 5. The SMILES string of the molecule is C[C@]1(C(=O)N[C@@H]2C[C@H](c3ccc(CO)cn3)Oc3cc(OC(F)(F)F)ccc32)COc2cc3c(cc21)OC(F)(F)O3. The summed E-state index contributed by atoms with van der Waals surface area (Å²) in [6.45, 7) is 1.22. The Morgan fingerprint density at radius 2 is 1.85 bits per heavy atom. The second-order valence-corrected chi connectivity index (χ2v) is 9.95. The monoisotopic (exact) mass is 580 g/mol. The second-order valence-electron chi connectivity index (χ2n) is 9.95. The molecule has 14 heteroatoms. The van der Waals surface area contributed by atoms with Gasteiger partial charge in [-0.1, -0.05) is 6.07 Å². The first-order valence-corrected chi connectivity index (χ1v) is 12.3. The Labute approximate surface area is 228 Å². The van der Waals surface area contributed by atoms with Crippen LogP contribution in [0.4, 0.5) is 22.0 Å². The molecular weight excluding hydrogens is 559 g/mol. The molecule has 2 aromatic carbocycles. The number of alkyl halides is 5. The molecule has 0 bridgehead atoms. The van der Waals surface area contributed by atoms with Gasteiger partial charge in [0.05, 0.1) is 18.3 Å². The Bertz CT molecular complexity index is 1520. The molecule has 0 fully saturated rings. The summed E-state index contributed by atoms with van der Waals surface area (Å²) >= 11 is 0. The van der Waals surface area contributed by atoms with Crippen LogP contribution in [0.3, 0.4) is 0 Å². The molecular formula is C27H21F5N2O7. The zero-order valence-electron chi connectivity index (χ0n) is 21.1. The smallest absolute Gasteiger partial charge is 0.492 e. The van der Waals surface area contributed by atoms with Gasteiger partial charge in [-0.05, 0) is 36.8 Å². The van der Waals surface area contributed by atoms with E-state index in [1.807, 2.05) is 0 Å². The molecule has 1 aromatic heterocycles. The average Bonchev–Trinajstić information content (AvgIpc) is 3.40. The summed E-state index contributed by atoms with van der Waals surface area (Å²) in [6, 6.07) is 8.53. The van der Waals surface area contributed by atoms with E-state index < -0.39 is 41.9 Å². The summed E-state index contributed by atoms with van der Waals surface area (Å²) in [5, 5.41) is 12.2. The summed E-state index contributed by atoms with van der Waals surface area (Å²) in [7, 11) is 0. The number of hydrogen-bond donors (Lipinski definition) is 2. The van der Waals surface area contributed by atoms with Crippen molar-refractivity contribution < 1.29 is 55.5 Å². The normalized spacial score (nSPS) is 23.6. The van der Waals surface area contributed by atoms with Crippen molar-refractivity contribution in [2.75, 3.05) is 6.61 Å². The molecule has 41 heavy (non-hydrogen) atoms. The van der Waals surface area contributed by atoms with Crippen molar-refractivity contribution in [1.82, 2.24) is 10.3 Å². The maximum atomic E-state index is 13.7. The highest BCUT2D eigenvalue weighted by molar-refractivity contribution is 5.90. The van der Waals surface area contributed by atoms with Crippen LogP contribution in [0.15, 0.2) is 48.7 Å². The standard InChI is InChI=1S/C27H21F5N2O7/c1-25(12-37-20-9-23-22(7-16(20)25)40-27(31,32)41-23)24(36)34-18-8-21(17-5-2-13(11-35)10-33-17)38-19-6-14(3-4-15(18)19)39-26(28,29)30/h2-7,9-10,18,21,35H,8,11-12H2,1H3,(H,34,36)/t18-,21-,25+/m1/s1. The molecule has 0 spiro atoms. The zero-order valence-corrected chi connectivity index (χ0v) is 21.1. The number of halogens is 5. The van der Waals surface area contributed by atoms with Crippen LogP contribution in [-0.2, 0) is 16.8 Å². The lowest BCUT2D eigenvalue weighted by molar-refractivity contribution is -0.286. The number of amides is 1. The van der Waals surface area contributed by atoms with Crippen LogP contribution in [0.2, 0.25) is 0 Å². The number of aliphatic hydroxyl groups excluding tert-OH is 1. The average molecular weight is 580 g/mol. The fourth-order valence-corrected chi connectivity index (χ4v) is 5.02. The van der Waals surface area contributed by atoms with Gasteiger partial charge in [-0.2, -0.15) is 0 Å². The van der Waals surface area contributed by atoms with Crippen molar-refractivity contribution in [3.8, 4) is 28.7 Å². The van der Waals surface area contributed by atoms with Crippen LogP contribution < -0.4 is 29.0 Å². The molecule has 0 saturated heterocycles. The van der Waals surface area contributed by atoms with Crippen LogP contribution in [0, 0.1) is 0 Å². The van der Waals surface area contributed by atoms with Crippen molar-refractivity contribution in [1.29, 1.82) is 0 Å². The number of benzene rings is 2. The van der Waals surface area contributed by atoms with Crippen LogP contribution in [0.5, 0.6) is 28.7 Å². The van der Waals surface area contributed by atoms with Gasteiger partial charge < -0.3 is 34.1 Å². The Kier molecular flexibility index (Phi) is 6.14. The molecule has 6 rings (SSSR count). The van der Waals surface area contributed by atoms with E-state index in [1.165, 1.54) is 24.4 Å². The van der Waals surface area contributed by atoms with Gasteiger partial charge >= 0.3 is 12.7 Å². The van der Waals surface area contributed by atoms with Crippen molar-refractivity contribution in [3.05, 3.63) is 71.0 Å². The maximum absolute atomic E-state index is 13.7. The number of pyridine rings is 1. The minimum absolute atomic E-state index is 0.0418. The van der Waals surface area contributed by atoms with E-state index in [9.17, 15) is 31.9 Å². The molecule has 1 amide bonds. The van der Waals surface area contributed by atoms with Crippen molar-refractivity contribution >= 4 is 5.91 Å². The number of nitrogens with one attached hydrogen (secondary N) is 1. The Hall–Kier alpha value is -4.33. The summed E-state index contributed by atoms with van der Waals surface area (Å²) in [4.78, 5) is 18.0. The zero-order chi connectivity index (χ0) is 29.2. The van der Waals surface area contributed by atoms with Gasteiger partial charge in [-0.25, -0.2) is 0 Å². The highest BCUT2D eigenvalue weighted by Crippen LogP contribution is 2.50. The largest absolute Gasteiger partial charge is 0.586 e. The molecule has 3 aliphatic rings. The lowest BCUT2D eigenvalue weighted by atomic mass is 9.82. The second kappa shape index (κ2) is 9.36. The first-order valence-electron chi connectivity index (χ1n) is 12.3. The summed E-state index contributed by atoms with van der Waals surface area (Å²) in [5.41, 5.74) is 0.323. The van der Waals surface area contributed by atoms with Crippen molar-refractivity contribution in [2.45, 2.75) is 50.2 Å². The van der Waals surface area contributed by atoms with E-state index in [0.717, 1.165) is 12.1 Å². The lowest BCUT2D eigenvalue weighted by Crippen LogP contribution is -2.46. The molecule has 0 radical (unpaired) electrons. The van der Waals surface area contributed by atoms with Gasteiger partial charge in [-0.15, -0.1) is 22.0 Å². The third kappa shape index (κ3) is 5.03. The minimum Gasteiger partial charge on any atom is -0.492 e. The van der Waals surface area contributed by atoms with Crippen LogP contribution >= 0.6 is 0 Å². The Morgan fingerprint density at radius 3 is 2.54 bits per heavy atom. The number of carbonyl (C=O) groups is 1. The highest BCUT2D eigenvalue weighted by atomic mass is 19.4. The topological polar surface area (TPSA) is 108 Å². The summed E-state index contributed by atoms with van der Waals surface area (Å²) in [5.74, 6) is -1.29. The summed E-state index contributed by atoms with van der Waals surface area (Å²) in [6.07, 6.45) is -7.97. The Balaban J connectivity index is 1.31. The molecule has 3 aliphatic heterocycles. The molecule has 3 atom stereocenters. The van der Waals surface area contributed by atoms with E-state index in [4.69, 9.17) is 9.47 Å². The molecule has 0 saturated carbocycles. The van der Waals surface area contributed by atoms with Gasteiger partial charge in [0.15, 0.2) is 11.5 Å². The predicted octanol–water partition coefficient (Wildman–Crippen LogP) is 4.83. The Morgan fingerprint density at radius 1 is 1.10 bits per heavy atom. The molecule has 2 N–H and O–H groups in total. The fraction of sp³-hybridized carbons (Fsp3) is 0.333. The predicted molar refractivity (Wildman–Crippen MR) is 128 cm³/mol. The third-order valence-corrected chi connectivity index (χ3v) is 7.09. The van der Waals surface area contributed by atoms with Crippen LogP contribution in [0.1, 0.15) is 47.9 Å². The molecule has 0 unspecified atom stereocenters. The number of aliphatic hydroxyl groups is 1. The van der Waals surface area contributed by atoms with E-state index >= 15 is 0 Å². The number of hydrogen-bond acceptors (Lipinski definition) is 8. The number of carbonyl (C=O) groups excluding carboxylic acids is 1. The van der Waals surface area contributed by atoms with Gasteiger partial charge in [-0.3, -0.25) is 9.78 Å². The first kappa shape index (κ1) is 26.9. The molecule has 0 aliphatic carbocycles. The van der Waals surface area contributed by atoms with Gasteiger partial charge in [0.2, 0.25) is 5.91 Å².